The maximum atomic E-state index is 11.9. The lowest BCUT2D eigenvalue weighted by atomic mass is 9.80. The molecule has 2 aliphatic heterocycles. The van der Waals surface area contributed by atoms with E-state index in [0.29, 0.717) is 6.61 Å². The molecule has 3 rings (SSSR count). The van der Waals surface area contributed by atoms with Crippen LogP contribution in [0.1, 0.15) is 51.9 Å². The second-order valence-corrected chi connectivity index (χ2v) is 6.21. The molecular weight excluding hydrogens is 274 g/mol. The van der Waals surface area contributed by atoms with Gasteiger partial charge in [-0.05, 0) is 25.7 Å². The Kier molecular flexibility index (Phi) is 4.49. The highest BCUT2D eigenvalue weighted by molar-refractivity contribution is 5.75. The summed E-state index contributed by atoms with van der Waals surface area (Å²) in [5, 5.41) is 1.58. The molecule has 0 aromatic carbocycles. The minimum absolute atomic E-state index is 0.163. The molecule has 3 aliphatic rings. The van der Waals surface area contributed by atoms with E-state index >= 15 is 0 Å². The van der Waals surface area contributed by atoms with Crippen LogP contribution in [0.4, 0.5) is 0 Å². The molecular formula is C15H25NO5. The first-order chi connectivity index (χ1) is 10.2. The predicted molar refractivity (Wildman–Crippen MR) is 73.8 cm³/mol. The van der Waals surface area contributed by atoms with Gasteiger partial charge in [0.15, 0.2) is 12.4 Å². The number of hydrogen-bond acceptors (Lipinski definition) is 6. The van der Waals surface area contributed by atoms with Crippen LogP contribution in [0.5, 0.6) is 0 Å². The van der Waals surface area contributed by atoms with Crippen LogP contribution in [0, 0.1) is 5.92 Å². The van der Waals surface area contributed by atoms with Crippen molar-refractivity contribution in [2.75, 3.05) is 13.7 Å². The van der Waals surface area contributed by atoms with Gasteiger partial charge in [0.2, 0.25) is 0 Å². The molecule has 2 saturated heterocycles. The molecule has 1 aliphatic carbocycles. The van der Waals surface area contributed by atoms with Crippen LogP contribution in [-0.4, -0.2) is 42.8 Å². The number of rotatable bonds is 5. The smallest absolute Gasteiger partial charge is 0.337 e. The fourth-order valence-electron chi connectivity index (χ4n) is 3.88. The van der Waals surface area contributed by atoms with Crippen molar-refractivity contribution in [1.82, 2.24) is 5.23 Å². The number of carbonyl (C=O) groups excluding carboxylic acids is 1. The first-order valence-electron chi connectivity index (χ1n) is 8.04. The van der Waals surface area contributed by atoms with Gasteiger partial charge in [0, 0.05) is 18.9 Å². The van der Waals surface area contributed by atoms with Gasteiger partial charge in [-0.3, -0.25) is 4.84 Å². The van der Waals surface area contributed by atoms with Crippen LogP contribution in [0.3, 0.4) is 0 Å². The van der Waals surface area contributed by atoms with E-state index in [0.717, 1.165) is 44.9 Å². The largest absolute Gasteiger partial charge is 0.467 e. The number of esters is 1. The van der Waals surface area contributed by atoms with Crippen LogP contribution in [0.25, 0.3) is 0 Å². The minimum atomic E-state index is -0.535. The van der Waals surface area contributed by atoms with Crippen molar-refractivity contribution in [3.05, 3.63) is 0 Å². The number of carbonyl (C=O) groups is 1. The lowest BCUT2D eigenvalue weighted by molar-refractivity contribution is -0.452. The van der Waals surface area contributed by atoms with Crippen molar-refractivity contribution in [1.29, 1.82) is 0 Å². The topological polar surface area (TPSA) is 57.2 Å². The summed E-state index contributed by atoms with van der Waals surface area (Å²) in [5.41, 5.74) is -0.163. The van der Waals surface area contributed by atoms with Crippen molar-refractivity contribution < 1.29 is 23.9 Å². The van der Waals surface area contributed by atoms with Gasteiger partial charge in [0.05, 0.1) is 12.6 Å². The highest BCUT2D eigenvalue weighted by Gasteiger charge is 2.63. The third-order valence-corrected chi connectivity index (χ3v) is 5.01. The zero-order valence-corrected chi connectivity index (χ0v) is 12.9. The fraction of sp³-hybridized carbons (Fsp3) is 0.933. The Morgan fingerprint density at radius 2 is 2.19 bits per heavy atom. The molecule has 6 nitrogen and oxygen atoms in total. The summed E-state index contributed by atoms with van der Waals surface area (Å²) in [7, 11) is 1.40. The van der Waals surface area contributed by atoms with E-state index in [1.54, 1.807) is 5.23 Å². The van der Waals surface area contributed by atoms with E-state index in [1.807, 2.05) is 0 Å². The summed E-state index contributed by atoms with van der Waals surface area (Å²) in [6.45, 7) is 2.83. The molecule has 0 aromatic heterocycles. The zero-order chi connectivity index (χ0) is 14.9. The molecule has 120 valence electrons. The fourth-order valence-corrected chi connectivity index (χ4v) is 3.88. The summed E-state index contributed by atoms with van der Waals surface area (Å²) >= 11 is 0. The van der Waals surface area contributed by atoms with Crippen molar-refractivity contribution in [3.63, 3.8) is 0 Å². The van der Waals surface area contributed by atoms with Gasteiger partial charge >= 0.3 is 5.97 Å². The second-order valence-electron chi connectivity index (χ2n) is 6.21. The van der Waals surface area contributed by atoms with E-state index in [2.05, 4.69) is 6.92 Å². The Hall–Kier alpha value is -0.690. The number of hydroxylamine groups is 2. The highest BCUT2D eigenvalue weighted by Crippen LogP contribution is 2.53. The Morgan fingerprint density at radius 1 is 1.33 bits per heavy atom. The summed E-state index contributed by atoms with van der Waals surface area (Å²) < 4.78 is 10.6. The molecule has 1 spiro atoms. The lowest BCUT2D eigenvalue weighted by Gasteiger charge is -2.41. The van der Waals surface area contributed by atoms with E-state index in [-0.39, 0.29) is 23.7 Å². The van der Waals surface area contributed by atoms with Gasteiger partial charge < -0.3 is 9.47 Å². The normalized spacial score (nSPS) is 39.0. The lowest BCUT2D eigenvalue weighted by Crippen LogP contribution is -2.51. The maximum Gasteiger partial charge on any atom is 0.337 e. The molecule has 0 bridgehead atoms. The predicted octanol–water partition coefficient (Wildman–Crippen LogP) is 2.18. The van der Waals surface area contributed by atoms with Gasteiger partial charge in [-0.25, -0.2) is 9.63 Å². The molecule has 21 heavy (non-hydrogen) atoms. The standard InChI is InChI=1S/C15H25NO5/c1-3-4-10-19-12-7-9-15-8-5-6-11(15)13(14(17)18-2)21-16(15)20-12/h11-13H,3-10H2,1-2H3/t11-,12+,13-,15+/m0/s1. The van der Waals surface area contributed by atoms with Gasteiger partial charge in [-0.2, -0.15) is 0 Å². The second kappa shape index (κ2) is 6.20. The van der Waals surface area contributed by atoms with Crippen molar-refractivity contribution >= 4 is 5.97 Å². The van der Waals surface area contributed by atoms with E-state index in [4.69, 9.17) is 19.1 Å². The number of nitrogens with zero attached hydrogens (tertiary/aromatic N) is 1. The van der Waals surface area contributed by atoms with Crippen molar-refractivity contribution in [3.8, 4) is 0 Å². The summed E-state index contributed by atoms with van der Waals surface area (Å²) in [4.78, 5) is 23.6. The third-order valence-electron chi connectivity index (χ3n) is 5.01. The molecule has 0 unspecified atom stereocenters. The Balaban J connectivity index is 1.67. The average Bonchev–Trinajstić information content (AvgIpc) is 3.03. The molecule has 0 amide bonds. The summed E-state index contributed by atoms with van der Waals surface area (Å²) in [6.07, 6.45) is 6.22. The van der Waals surface area contributed by atoms with Crippen LogP contribution in [-0.2, 0) is 23.9 Å². The number of hydrogen-bond donors (Lipinski definition) is 0. The number of unbranched alkanes of at least 4 members (excludes halogenated alkanes) is 1. The van der Waals surface area contributed by atoms with E-state index in [1.165, 1.54) is 7.11 Å². The van der Waals surface area contributed by atoms with Crippen molar-refractivity contribution in [2.45, 2.75) is 69.8 Å². The average molecular weight is 299 g/mol. The van der Waals surface area contributed by atoms with Gasteiger partial charge in [0.25, 0.3) is 0 Å². The van der Waals surface area contributed by atoms with Gasteiger partial charge in [0.1, 0.15) is 0 Å². The minimum Gasteiger partial charge on any atom is -0.467 e. The molecule has 0 aromatic rings. The Morgan fingerprint density at radius 3 is 2.95 bits per heavy atom. The SMILES string of the molecule is CCCCO[C@H]1CC[C@]23CCC[C@H]2[C@@H](C(=O)OC)ON3O1. The van der Waals surface area contributed by atoms with Crippen LogP contribution in [0.2, 0.25) is 0 Å². The monoisotopic (exact) mass is 299 g/mol. The van der Waals surface area contributed by atoms with Crippen LogP contribution < -0.4 is 0 Å². The molecule has 0 radical (unpaired) electrons. The number of methoxy groups -OCH3 is 1. The molecule has 6 heteroatoms. The highest BCUT2D eigenvalue weighted by atomic mass is 17.0. The Bertz CT molecular complexity index is 390. The van der Waals surface area contributed by atoms with E-state index in [9.17, 15) is 4.79 Å². The van der Waals surface area contributed by atoms with Gasteiger partial charge in [-0.15, -0.1) is 0 Å². The first kappa shape index (κ1) is 15.2. The molecule has 0 N–H and O–H groups in total. The van der Waals surface area contributed by atoms with Crippen molar-refractivity contribution in [2.24, 2.45) is 5.92 Å². The van der Waals surface area contributed by atoms with E-state index < -0.39 is 6.10 Å². The molecule has 1 saturated carbocycles. The quantitative estimate of drug-likeness (QED) is 0.573. The maximum absolute atomic E-state index is 11.9. The molecule has 4 atom stereocenters. The first-order valence-corrected chi connectivity index (χ1v) is 8.04. The van der Waals surface area contributed by atoms with Gasteiger partial charge in [-0.1, -0.05) is 25.0 Å². The number of ether oxygens (including phenoxy) is 2. The molecule has 2 heterocycles. The summed E-state index contributed by atoms with van der Waals surface area (Å²) in [5.74, 6) is -0.135. The van der Waals surface area contributed by atoms with Crippen LogP contribution in [0.15, 0.2) is 0 Å². The Labute approximate surface area is 125 Å². The molecule has 3 fully saturated rings. The summed E-state index contributed by atoms with van der Waals surface area (Å²) in [6, 6.07) is 0. The van der Waals surface area contributed by atoms with Crippen LogP contribution >= 0.6 is 0 Å². The third kappa shape index (κ3) is 2.59. The zero-order valence-electron chi connectivity index (χ0n) is 12.9.